The molecule has 4 rings (SSSR count). The van der Waals surface area contributed by atoms with Gasteiger partial charge < -0.3 is 9.47 Å². The second-order valence-corrected chi connectivity index (χ2v) is 9.79. The first kappa shape index (κ1) is 22.4. The molecule has 0 atom stereocenters. The van der Waals surface area contributed by atoms with Crippen LogP contribution in [0.25, 0.3) is 10.7 Å². The Bertz CT molecular complexity index is 977. The summed E-state index contributed by atoms with van der Waals surface area (Å²) in [5, 5.41) is 11.6. The zero-order valence-electron chi connectivity index (χ0n) is 17.3. The number of likely N-dealkylation sites (tertiary alicyclic amines) is 1. The maximum absolute atomic E-state index is 13.0. The molecule has 9 heteroatoms. The SMILES string of the molecule is Cn1c(SCCCN2CCC(c3cccc(C(F)(F)F)c3)CC2)nnc1-c1cccs1. The van der Waals surface area contributed by atoms with E-state index >= 15 is 0 Å². The summed E-state index contributed by atoms with van der Waals surface area (Å²) in [6.07, 6.45) is -1.43. The van der Waals surface area contributed by atoms with Crippen LogP contribution in [-0.2, 0) is 13.2 Å². The molecule has 166 valence electrons. The van der Waals surface area contributed by atoms with Crippen LogP contribution in [0.1, 0.15) is 36.3 Å². The number of alkyl halides is 3. The normalized spacial score (nSPS) is 16.1. The molecule has 1 aromatic carbocycles. The largest absolute Gasteiger partial charge is 0.416 e. The summed E-state index contributed by atoms with van der Waals surface area (Å²) in [4.78, 5) is 3.53. The van der Waals surface area contributed by atoms with E-state index in [0.29, 0.717) is 0 Å². The van der Waals surface area contributed by atoms with Crippen molar-refractivity contribution in [3.63, 3.8) is 0 Å². The van der Waals surface area contributed by atoms with Gasteiger partial charge >= 0.3 is 6.18 Å². The molecule has 0 saturated carbocycles. The zero-order valence-corrected chi connectivity index (χ0v) is 18.9. The molecule has 2 aromatic heterocycles. The van der Waals surface area contributed by atoms with Crippen molar-refractivity contribution >= 4 is 23.1 Å². The molecule has 1 aliphatic rings. The molecule has 0 N–H and O–H groups in total. The van der Waals surface area contributed by atoms with Crippen molar-refractivity contribution < 1.29 is 13.2 Å². The number of nitrogens with zero attached hydrogens (tertiary/aromatic N) is 4. The first-order valence-corrected chi connectivity index (χ1v) is 12.2. The Hall–Kier alpha value is -1.84. The van der Waals surface area contributed by atoms with E-state index in [1.807, 2.05) is 35.2 Å². The van der Waals surface area contributed by atoms with Gasteiger partial charge in [0.1, 0.15) is 0 Å². The lowest BCUT2D eigenvalue weighted by Crippen LogP contribution is -2.34. The predicted octanol–water partition coefficient (Wildman–Crippen LogP) is 5.92. The molecule has 0 spiro atoms. The highest BCUT2D eigenvalue weighted by molar-refractivity contribution is 7.99. The Balaban J connectivity index is 1.21. The summed E-state index contributed by atoms with van der Waals surface area (Å²) in [5.74, 6) is 2.07. The minimum Gasteiger partial charge on any atom is -0.305 e. The van der Waals surface area contributed by atoms with Crippen molar-refractivity contribution in [2.45, 2.75) is 36.5 Å². The van der Waals surface area contributed by atoms with Gasteiger partial charge in [-0.25, -0.2) is 0 Å². The van der Waals surface area contributed by atoms with Crippen molar-refractivity contribution in [1.82, 2.24) is 19.7 Å². The number of piperidine rings is 1. The minimum absolute atomic E-state index is 0.210. The van der Waals surface area contributed by atoms with E-state index in [1.54, 1.807) is 23.1 Å². The van der Waals surface area contributed by atoms with Crippen molar-refractivity contribution in [3.8, 4) is 10.7 Å². The summed E-state index contributed by atoms with van der Waals surface area (Å²) in [5.41, 5.74) is 0.268. The number of thioether (sulfide) groups is 1. The van der Waals surface area contributed by atoms with E-state index in [4.69, 9.17) is 0 Å². The van der Waals surface area contributed by atoms with Gasteiger partial charge in [-0.1, -0.05) is 36.0 Å². The summed E-state index contributed by atoms with van der Waals surface area (Å²) in [7, 11) is 2.00. The van der Waals surface area contributed by atoms with Crippen LogP contribution in [0.5, 0.6) is 0 Å². The molecule has 0 bridgehead atoms. The molecule has 31 heavy (non-hydrogen) atoms. The molecule has 1 saturated heterocycles. The zero-order chi connectivity index (χ0) is 21.8. The lowest BCUT2D eigenvalue weighted by atomic mass is 9.88. The summed E-state index contributed by atoms with van der Waals surface area (Å²) in [6.45, 7) is 2.86. The van der Waals surface area contributed by atoms with Crippen molar-refractivity contribution in [1.29, 1.82) is 0 Å². The third-order valence-corrected chi connectivity index (χ3v) is 7.67. The molecule has 0 aliphatic carbocycles. The minimum atomic E-state index is -4.28. The number of rotatable bonds is 7. The van der Waals surface area contributed by atoms with E-state index in [0.717, 1.165) is 72.1 Å². The van der Waals surface area contributed by atoms with Crippen LogP contribution in [-0.4, -0.2) is 45.1 Å². The average Bonchev–Trinajstić information content (AvgIpc) is 3.41. The molecular weight excluding hydrogens is 441 g/mol. The molecule has 0 unspecified atom stereocenters. The summed E-state index contributed by atoms with van der Waals surface area (Å²) in [6, 6.07) is 9.89. The van der Waals surface area contributed by atoms with Gasteiger partial charge in [-0.15, -0.1) is 21.5 Å². The van der Waals surface area contributed by atoms with E-state index < -0.39 is 11.7 Å². The van der Waals surface area contributed by atoms with Gasteiger partial charge in [-0.05, 0) is 67.9 Å². The van der Waals surface area contributed by atoms with E-state index in [-0.39, 0.29) is 5.92 Å². The first-order chi connectivity index (χ1) is 14.9. The lowest BCUT2D eigenvalue weighted by molar-refractivity contribution is -0.137. The highest BCUT2D eigenvalue weighted by atomic mass is 32.2. The molecule has 0 amide bonds. The Kier molecular flexibility index (Phi) is 7.03. The fourth-order valence-electron chi connectivity index (χ4n) is 3.97. The standard InChI is InChI=1S/C22H25F3N4S2/c1-28-20(19-7-3-13-30-19)26-27-21(28)31-14-4-10-29-11-8-16(9-12-29)17-5-2-6-18(15-17)22(23,24)25/h2-3,5-7,13,15-16H,4,8-12,14H2,1H3. The number of thiophene rings is 1. The number of hydrogen-bond acceptors (Lipinski definition) is 5. The van der Waals surface area contributed by atoms with E-state index in [1.165, 1.54) is 12.1 Å². The fraction of sp³-hybridized carbons (Fsp3) is 0.455. The van der Waals surface area contributed by atoms with E-state index in [2.05, 4.69) is 15.1 Å². The Morgan fingerprint density at radius 1 is 1.13 bits per heavy atom. The van der Waals surface area contributed by atoms with Crippen LogP contribution >= 0.6 is 23.1 Å². The third kappa shape index (κ3) is 5.51. The van der Waals surface area contributed by atoms with Gasteiger partial charge in [0.15, 0.2) is 11.0 Å². The average molecular weight is 467 g/mol. The van der Waals surface area contributed by atoms with E-state index in [9.17, 15) is 13.2 Å². The first-order valence-electron chi connectivity index (χ1n) is 10.4. The highest BCUT2D eigenvalue weighted by Crippen LogP contribution is 2.34. The molecule has 0 radical (unpaired) electrons. The predicted molar refractivity (Wildman–Crippen MR) is 120 cm³/mol. The molecular formula is C22H25F3N4S2. The Morgan fingerprint density at radius 3 is 2.65 bits per heavy atom. The van der Waals surface area contributed by atoms with Gasteiger partial charge in [-0.3, -0.25) is 0 Å². The topological polar surface area (TPSA) is 34.0 Å². The van der Waals surface area contributed by atoms with Crippen LogP contribution in [0, 0.1) is 0 Å². The quantitative estimate of drug-likeness (QED) is 0.320. The van der Waals surface area contributed by atoms with Crippen molar-refractivity contribution in [3.05, 3.63) is 52.9 Å². The third-order valence-electron chi connectivity index (χ3n) is 5.70. The Labute approximate surface area is 188 Å². The molecule has 3 aromatic rings. The summed E-state index contributed by atoms with van der Waals surface area (Å²) < 4.78 is 41.0. The maximum atomic E-state index is 13.0. The molecule has 1 fully saturated rings. The maximum Gasteiger partial charge on any atom is 0.416 e. The van der Waals surface area contributed by atoms with Crippen molar-refractivity contribution in [2.24, 2.45) is 7.05 Å². The fourth-order valence-corrected chi connectivity index (χ4v) is 5.55. The highest BCUT2D eigenvalue weighted by Gasteiger charge is 2.31. The van der Waals surface area contributed by atoms with Gasteiger partial charge in [0.05, 0.1) is 10.4 Å². The number of halogens is 3. The van der Waals surface area contributed by atoms with Gasteiger partial charge in [0.25, 0.3) is 0 Å². The van der Waals surface area contributed by atoms with Crippen LogP contribution in [0.4, 0.5) is 13.2 Å². The van der Waals surface area contributed by atoms with Crippen LogP contribution in [0.15, 0.2) is 46.9 Å². The second kappa shape index (κ2) is 9.75. The van der Waals surface area contributed by atoms with Crippen LogP contribution < -0.4 is 0 Å². The molecule has 4 nitrogen and oxygen atoms in total. The van der Waals surface area contributed by atoms with Crippen LogP contribution in [0.2, 0.25) is 0 Å². The number of hydrogen-bond donors (Lipinski definition) is 0. The molecule has 1 aliphatic heterocycles. The van der Waals surface area contributed by atoms with Gasteiger partial charge in [0, 0.05) is 12.8 Å². The number of benzene rings is 1. The van der Waals surface area contributed by atoms with Crippen molar-refractivity contribution in [2.75, 3.05) is 25.4 Å². The second-order valence-electron chi connectivity index (χ2n) is 7.78. The smallest absolute Gasteiger partial charge is 0.305 e. The van der Waals surface area contributed by atoms with Gasteiger partial charge in [-0.2, -0.15) is 13.2 Å². The monoisotopic (exact) mass is 466 g/mol. The molecule has 3 heterocycles. The Morgan fingerprint density at radius 2 is 1.94 bits per heavy atom. The van der Waals surface area contributed by atoms with Gasteiger partial charge in [0.2, 0.25) is 0 Å². The summed E-state index contributed by atoms with van der Waals surface area (Å²) >= 11 is 3.37. The lowest BCUT2D eigenvalue weighted by Gasteiger charge is -2.32. The van der Waals surface area contributed by atoms with Crippen LogP contribution in [0.3, 0.4) is 0 Å². The number of aromatic nitrogens is 3.